The summed E-state index contributed by atoms with van der Waals surface area (Å²) < 4.78 is 0. The molecule has 0 aromatic rings. The van der Waals surface area contributed by atoms with E-state index in [4.69, 9.17) is 5.73 Å². The van der Waals surface area contributed by atoms with Gasteiger partial charge in [-0.15, -0.1) is 0 Å². The summed E-state index contributed by atoms with van der Waals surface area (Å²) in [6.07, 6.45) is 8.40. The highest BCUT2D eigenvalue weighted by atomic mass is 16.2. The zero-order chi connectivity index (χ0) is 8.10. The lowest BCUT2D eigenvalue weighted by Crippen LogP contribution is -2.24. The largest absolute Gasteiger partial charge is 0.350 e. The van der Waals surface area contributed by atoms with Crippen LogP contribution in [0.1, 0.15) is 6.42 Å². The smallest absolute Gasteiger partial charge is 0.332 e. The van der Waals surface area contributed by atoms with Gasteiger partial charge in [0.25, 0.3) is 0 Å². The molecule has 0 spiro atoms. The van der Waals surface area contributed by atoms with E-state index in [1.54, 1.807) is 6.21 Å². The Morgan fingerprint density at radius 2 is 2.64 bits per heavy atom. The molecule has 0 unspecified atom stereocenters. The van der Waals surface area contributed by atoms with E-state index in [0.29, 0.717) is 0 Å². The molecule has 0 fully saturated rings. The normalized spacial score (nSPS) is 15.5. The van der Waals surface area contributed by atoms with E-state index >= 15 is 0 Å². The molecule has 58 valence electrons. The average molecular weight is 151 g/mol. The third-order valence-corrected chi connectivity index (χ3v) is 1.19. The number of primary amides is 1. The number of hydrogen-bond acceptors (Lipinski definition) is 2. The van der Waals surface area contributed by atoms with Crippen molar-refractivity contribution in [1.29, 1.82) is 0 Å². The number of hydrogen-bond donors (Lipinski definition) is 2. The number of amides is 2. The van der Waals surface area contributed by atoms with Gasteiger partial charge in [0.05, 0.1) is 6.21 Å². The topological polar surface area (TPSA) is 67.5 Å². The maximum atomic E-state index is 10.1. The second kappa shape index (κ2) is 3.55. The molecular weight excluding hydrogens is 142 g/mol. The molecule has 0 saturated carbocycles. The first-order valence-electron chi connectivity index (χ1n) is 3.24. The van der Waals surface area contributed by atoms with Gasteiger partial charge in [0.1, 0.15) is 0 Å². The zero-order valence-corrected chi connectivity index (χ0v) is 5.95. The average Bonchev–Trinajstić information content (AvgIpc) is 2.39. The molecule has 2 amide bonds. The third-order valence-electron chi connectivity index (χ3n) is 1.19. The van der Waals surface area contributed by atoms with Crippen LogP contribution in [0.15, 0.2) is 28.9 Å². The SMILES string of the molecule is NC(=O)N/N=C/C1=CCC=C1. The fourth-order valence-electron chi connectivity index (χ4n) is 0.742. The fourth-order valence-corrected chi connectivity index (χ4v) is 0.742. The van der Waals surface area contributed by atoms with Gasteiger partial charge >= 0.3 is 6.03 Å². The Hall–Kier alpha value is -1.58. The van der Waals surface area contributed by atoms with Crippen LogP contribution in [0.3, 0.4) is 0 Å². The molecule has 0 radical (unpaired) electrons. The number of nitrogens with zero attached hydrogens (tertiary/aromatic N) is 1. The Morgan fingerprint density at radius 3 is 3.18 bits per heavy atom. The van der Waals surface area contributed by atoms with Crippen LogP contribution >= 0.6 is 0 Å². The Morgan fingerprint density at radius 1 is 1.82 bits per heavy atom. The van der Waals surface area contributed by atoms with Gasteiger partial charge in [0, 0.05) is 0 Å². The first-order valence-corrected chi connectivity index (χ1v) is 3.24. The predicted octanol–water partition coefficient (Wildman–Crippen LogP) is 0.527. The zero-order valence-electron chi connectivity index (χ0n) is 5.95. The number of nitrogens with two attached hydrogens (primary N) is 1. The van der Waals surface area contributed by atoms with Gasteiger partial charge in [0.15, 0.2) is 0 Å². The minimum absolute atomic E-state index is 0.649. The molecule has 1 aliphatic carbocycles. The fraction of sp³-hybridized carbons (Fsp3) is 0.143. The first-order chi connectivity index (χ1) is 5.29. The summed E-state index contributed by atoms with van der Waals surface area (Å²) in [4.78, 5) is 10.1. The van der Waals surface area contributed by atoms with Crippen LogP contribution < -0.4 is 11.2 Å². The Kier molecular flexibility index (Phi) is 2.43. The van der Waals surface area contributed by atoms with Gasteiger partial charge in [0.2, 0.25) is 0 Å². The summed E-state index contributed by atoms with van der Waals surface area (Å²) >= 11 is 0. The van der Waals surface area contributed by atoms with Crippen molar-refractivity contribution in [3.8, 4) is 0 Å². The number of urea groups is 1. The highest BCUT2D eigenvalue weighted by Crippen LogP contribution is 2.04. The highest BCUT2D eigenvalue weighted by Gasteiger charge is 1.92. The molecule has 0 aromatic carbocycles. The molecule has 0 bridgehead atoms. The summed E-state index contributed by atoms with van der Waals surface area (Å²) in [6.45, 7) is 0. The molecule has 0 atom stereocenters. The molecule has 3 N–H and O–H groups in total. The van der Waals surface area contributed by atoms with Crippen molar-refractivity contribution in [2.24, 2.45) is 10.8 Å². The van der Waals surface area contributed by atoms with Crippen LogP contribution in [0.4, 0.5) is 4.79 Å². The summed E-state index contributed by atoms with van der Waals surface area (Å²) in [5, 5.41) is 3.58. The molecule has 0 aromatic heterocycles. The molecule has 11 heavy (non-hydrogen) atoms. The summed E-state index contributed by atoms with van der Waals surface area (Å²) in [7, 11) is 0. The number of nitrogens with one attached hydrogen (secondary N) is 1. The van der Waals surface area contributed by atoms with Gasteiger partial charge in [-0.3, -0.25) is 0 Å². The number of allylic oxidation sites excluding steroid dienone is 4. The van der Waals surface area contributed by atoms with Crippen molar-refractivity contribution in [3.63, 3.8) is 0 Å². The predicted molar refractivity (Wildman–Crippen MR) is 43.1 cm³/mol. The van der Waals surface area contributed by atoms with Gasteiger partial charge in [-0.2, -0.15) is 5.10 Å². The Labute approximate surface area is 64.5 Å². The van der Waals surface area contributed by atoms with E-state index in [-0.39, 0.29) is 0 Å². The van der Waals surface area contributed by atoms with Crippen molar-refractivity contribution in [2.75, 3.05) is 0 Å². The standard InChI is InChI=1S/C7H9N3O/c8-7(11)10-9-5-6-3-1-2-4-6/h1,3-5H,2H2,(H3,8,10,11)/b9-5+. The van der Waals surface area contributed by atoms with E-state index in [1.165, 1.54) is 0 Å². The molecule has 0 heterocycles. The van der Waals surface area contributed by atoms with Crippen LogP contribution in [-0.2, 0) is 0 Å². The molecule has 1 aliphatic rings. The van der Waals surface area contributed by atoms with E-state index < -0.39 is 6.03 Å². The quantitative estimate of drug-likeness (QED) is 0.438. The Bertz CT molecular complexity index is 240. The molecule has 1 rings (SSSR count). The summed E-state index contributed by atoms with van der Waals surface area (Å²) in [5.74, 6) is 0. The maximum Gasteiger partial charge on any atom is 0.332 e. The lowest BCUT2D eigenvalue weighted by atomic mass is 10.3. The second-order valence-electron chi connectivity index (χ2n) is 2.08. The number of carbonyl (C=O) groups excluding carboxylic acids is 1. The molecule has 0 aliphatic heterocycles. The lowest BCUT2D eigenvalue weighted by molar-refractivity contribution is 0.249. The van der Waals surface area contributed by atoms with Gasteiger partial charge in [-0.25, -0.2) is 10.2 Å². The van der Waals surface area contributed by atoms with E-state index in [9.17, 15) is 4.79 Å². The van der Waals surface area contributed by atoms with Crippen molar-refractivity contribution < 1.29 is 4.79 Å². The highest BCUT2D eigenvalue weighted by molar-refractivity contribution is 5.84. The lowest BCUT2D eigenvalue weighted by Gasteiger charge is -1.89. The number of hydrazone groups is 1. The third kappa shape index (κ3) is 2.66. The minimum atomic E-state index is -0.649. The minimum Gasteiger partial charge on any atom is -0.350 e. The van der Waals surface area contributed by atoms with Gasteiger partial charge < -0.3 is 5.73 Å². The van der Waals surface area contributed by atoms with Crippen LogP contribution in [0.2, 0.25) is 0 Å². The van der Waals surface area contributed by atoms with Gasteiger partial charge in [-0.1, -0.05) is 18.2 Å². The first kappa shape index (κ1) is 7.53. The van der Waals surface area contributed by atoms with Crippen LogP contribution in [0.25, 0.3) is 0 Å². The van der Waals surface area contributed by atoms with Crippen LogP contribution in [-0.4, -0.2) is 12.2 Å². The monoisotopic (exact) mass is 151 g/mol. The number of rotatable bonds is 2. The second-order valence-corrected chi connectivity index (χ2v) is 2.08. The summed E-state index contributed by atoms with van der Waals surface area (Å²) in [6, 6.07) is -0.649. The van der Waals surface area contributed by atoms with Crippen LogP contribution in [0.5, 0.6) is 0 Å². The Balaban J connectivity index is 2.35. The van der Waals surface area contributed by atoms with E-state index in [2.05, 4.69) is 10.5 Å². The molecular formula is C7H9N3O. The molecule has 4 nitrogen and oxygen atoms in total. The van der Waals surface area contributed by atoms with Crippen molar-refractivity contribution >= 4 is 12.2 Å². The van der Waals surface area contributed by atoms with Crippen LogP contribution in [0, 0.1) is 0 Å². The van der Waals surface area contributed by atoms with Crippen molar-refractivity contribution in [3.05, 3.63) is 23.8 Å². The molecule has 4 heteroatoms. The van der Waals surface area contributed by atoms with Gasteiger partial charge in [-0.05, 0) is 12.0 Å². The number of carbonyl (C=O) groups is 1. The molecule has 0 saturated heterocycles. The van der Waals surface area contributed by atoms with E-state index in [1.807, 2.05) is 18.2 Å². The van der Waals surface area contributed by atoms with Crippen molar-refractivity contribution in [1.82, 2.24) is 5.43 Å². The summed E-state index contributed by atoms with van der Waals surface area (Å²) in [5.41, 5.74) is 7.87. The van der Waals surface area contributed by atoms with E-state index in [0.717, 1.165) is 12.0 Å². The maximum absolute atomic E-state index is 10.1. The van der Waals surface area contributed by atoms with Crippen molar-refractivity contribution in [2.45, 2.75) is 6.42 Å².